The number of hydrogen-bond acceptors (Lipinski definition) is 3. The van der Waals surface area contributed by atoms with Crippen LogP contribution < -0.4 is 0 Å². The Morgan fingerprint density at radius 3 is 2.75 bits per heavy atom. The molecule has 0 aliphatic carbocycles. The number of aromatic nitrogens is 1. The molecule has 0 radical (unpaired) electrons. The lowest BCUT2D eigenvalue weighted by atomic mass is 10.4. The average Bonchev–Trinajstić information content (AvgIpc) is 2.17. The van der Waals surface area contributed by atoms with Crippen LogP contribution in [0.15, 0.2) is 21.8 Å². The van der Waals surface area contributed by atoms with E-state index in [4.69, 9.17) is 11.6 Å². The van der Waals surface area contributed by atoms with Crippen LogP contribution in [0.3, 0.4) is 0 Å². The summed E-state index contributed by atoms with van der Waals surface area (Å²) in [5.41, 5.74) is 0. The zero-order valence-corrected chi connectivity index (χ0v) is 11.6. The molecule has 1 aromatic heterocycles. The van der Waals surface area contributed by atoms with Gasteiger partial charge in [-0.1, -0.05) is 0 Å². The van der Waals surface area contributed by atoms with Crippen LogP contribution in [-0.4, -0.2) is 24.5 Å². The third kappa shape index (κ3) is 2.93. The lowest BCUT2D eigenvalue weighted by molar-refractivity contribution is 0.544. The SMILES string of the molecule is CC(CCCl)S(=O)(=O)c1ncc(Br)cc1F. The molecule has 1 atom stereocenters. The van der Waals surface area contributed by atoms with Crippen molar-refractivity contribution in [3.05, 3.63) is 22.6 Å². The summed E-state index contributed by atoms with van der Waals surface area (Å²) in [6.45, 7) is 1.49. The van der Waals surface area contributed by atoms with E-state index >= 15 is 0 Å². The normalized spacial score (nSPS) is 13.8. The van der Waals surface area contributed by atoms with Crippen molar-refractivity contribution in [2.24, 2.45) is 0 Å². The zero-order chi connectivity index (χ0) is 12.3. The Morgan fingerprint density at radius 1 is 1.62 bits per heavy atom. The Morgan fingerprint density at radius 2 is 2.25 bits per heavy atom. The van der Waals surface area contributed by atoms with Crippen molar-refractivity contribution in [3.8, 4) is 0 Å². The predicted octanol–water partition coefficient (Wildman–Crippen LogP) is 2.77. The maximum absolute atomic E-state index is 13.4. The molecule has 0 amide bonds. The highest BCUT2D eigenvalue weighted by molar-refractivity contribution is 9.10. The summed E-state index contributed by atoms with van der Waals surface area (Å²) in [6, 6.07) is 1.08. The first-order valence-electron chi connectivity index (χ1n) is 4.50. The fourth-order valence-electron chi connectivity index (χ4n) is 1.11. The van der Waals surface area contributed by atoms with Crippen molar-refractivity contribution in [2.75, 3.05) is 5.88 Å². The number of hydrogen-bond donors (Lipinski definition) is 0. The quantitative estimate of drug-likeness (QED) is 0.798. The van der Waals surface area contributed by atoms with Gasteiger partial charge in [0.05, 0.1) is 5.25 Å². The fourth-order valence-corrected chi connectivity index (χ4v) is 3.21. The molecule has 1 aromatic rings. The third-order valence-electron chi connectivity index (χ3n) is 2.09. The standard InChI is InChI=1S/C9H10BrClFNO2S/c1-6(2-3-11)16(14,15)9-8(12)4-7(10)5-13-9/h4-6H,2-3H2,1H3. The number of sulfone groups is 1. The Balaban J connectivity index is 3.17. The summed E-state index contributed by atoms with van der Waals surface area (Å²) in [7, 11) is -3.74. The van der Waals surface area contributed by atoms with Gasteiger partial charge in [-0.15, -0.1) is 11.6 Å². The van der Waals surface area contributed by atoms with E-state index in [-0.39, 0.29) is 12.3 Å². The lowest BCUT2D eigenvalue weighted by Crippen LogP contribution is -2.20. The van der Waals surface area contributed by atoms with Crippen LogP contribution in [0.5, 0.6) is 0 Å². The molecule has 0 saturated heterocycles. The highest BCUT2D eigenvalue weighted by Gasteiger charge is 2.27. The molecular formula is C9H10BrClFNO2S. The average molecular weight is 331 g/mol. The molecule has 0 saturated carbocycles. The molecule has 0 aliphatic heterocycles. The minimum Gasteiger partial charge on any atom is -0.241 e. The van der Waals surface area contributed by atoms with E-state index < -0.39 is 25.9 Å². The summed E-state index contributed by atoms with van der Waals surface area (Å²) < 4.78 is 37.6. The number of pyridine rings is 1. The first-order valence-corrected chi connectivity index (χ1v) is 7.38. The highest BCUT2D eigenvalue weighted by atomic mass is 79.9. The molecule has 0 fully saturated rings. The molecular weight excluding hydrogens is 321 g/mol. The van der Waals surface area contributed by atoms with Crippen molar-refractivity contribution >= 4 is 37.4 Å². The Hall–Kier alpha value is -0.200. The second-order valence-corrected chi connectivity index (χ2v) is 6.85. The van der Waals surface area contributed by atoms with E-state index in [1.54, 1.807) is 0 Å². The van der Waals surface area contributed by atoms with E-state index in [1.807, 2.05) is 0 Å². The molecule has 0 bridgehead atoms. The molecule has 1 heterocycles. The van der Waals surface area contributed by atoms with Crippen molar-refractivity contribution in [1.29, 1.82) is 0 Å². The summed E-state index contributed by atoms with van der Waals surface area (Å²) in [4.78, 5) is 3.60. The van der Waals surface area contributed by atoms with E-state index in [1.165, 1.54) is 13.1 Å². The minimum atomic E-state index is -3.74. The second-order valence-electron chi connectivity index (χ2n) is 3.27. The van der Waals surface area contributed by atoms with Crippen LogP contribution in [0, 0.1) is 5.82 Å². The van der Waals surface area contributed by atoms with E-state index in [9.17, 15) is 12.8 Å². The van der Waals surface area contributed by atoms with Gasteiger partial charge < -0.3 is 0 Å². The van der Waals surface area contributed by atoms with Crippen LogP contribution in [0.1, 0.15) is 13.3 Å². The zero-order valence-electron chi connectivity index (χ0n) is 8.45. The van der Waals surface area contributed by atoms with Gasteiger partial charge in [0, 0.05) is 16.5 Å². The van der Waals surface area contributed by atoms with Crippen LogP contribution in [-0.2, 0) is 9.84 Å². The van der Waals surface area contributed by atoms with Crippen molar-refractivity contribution in [1.82, 2.24) is 4.98 Å². The number of rotatable bonds is 4. The monoisotopic (exact) mass is 329 g/mol. The van der Waals surface area contributed by atoms with Gasteiger partial charge in [-0.25, -0.2) is 17.8 Å². The molecule has 3 nitrogen and oxygen atoms in total. The molecule has 0 spiro atoms. The van der Waals surface area contributed by atoms with Crippen LogP contribution >= 0.6 is 27.5 Å². The minimum absolute atomic E-state index is 0.207. The van der Waals surface area contributed by atoms with Gasteiger partial charge in [0.1, 0.15) is 0 Å². The smallest absolute Gasteiger partial charge is 0.201 e. The predicted molar refractivity (Wildman–Crippen MR) is 63.9 cm³/mol. The van der Waals surface area contributed by atoms with E-state index in [0.29, 0.717) is 4.47 Å². The first kappa shape index (κ1) is 13.9. The molecule has 7 heteroatoms. The van der Waals surface area contributed by atoms with Gasteiger partial charge in [-0.2, -0.15) is 0 Å². The van der Waals surface area contributed by atoms with Crippen LogP contribution in [0.25, 0.3) is 0 Å². The molecule has 1 rings (SSSR count). The third-order valence-corrected chi connectivity index (χ3v) is 4.88. The molecule has 90 valence electrons. The van der Waals surface area contributed by atoms with Gasteiger partial charge in [0.15, 0.2) is 10.8 Å². The molecule has 0 N–H and O–H groups in total. The largest absolute Gasteiger partial charge is 0.241 e. The number of alkyl halides is 1. The molecule has 0 aliphatic rings. The number of halogens is 3. The van der Waals surface area contributed by atoms with Gasteiger partial charge in [0.2, 0.25) is 9.84 Å². The summed E-state index contributed by atoms with van der Waals surface area (Å²) in [5.74, 6) is -0.644. The van der Waals surface area contributed by atoms with Gasteiger partial charge in [-0.3, -0.25) is 0 Å². The maximum Gasteiger partial charge on any atom is 0.201 e. The van der Waals surface area contributed by atoms with Gasteiger partial charge in [0.25, 0.3) is 0 Å². The lowest BCUT2D eigenvalue weighted by Gasteiger charge is -2.11. The van der Waals surface area contributed by atoms with Crippen LogP contribution in [0.4, 0.5) is 4.39 Å². The summed E-state index contributed by atoms with van der Waals surface area (Å²) in [5, 5.41) is -1.26. The van der Waals surface area contributed by atoms with E-state index in [2.05, 4.69) is 20.9 Å². The molecule has 16 heavy (non-hydrogen) atoms. The second kappa shape index (κ2) is 5.42. The number of nitrogens with zero attached hydrogens (tertiary/aromatic N) is 1. The van der Waals surface area contributed by atoms with Crippen molar-refractivity contribution < 1.29 is 12.8 Å². The molecule has 0 aromatic carbocycles. The van der Waals surface area contributed by atoms with Gasteiger partial charge >= 0.3 is 0 Å². The molecule has 1 unspecified atom stereocenters. The summed E-state index contributed by atoms with van der Waals surface area (Å²) in [6.07, 6.45) is 1.52. The Kier molecular flexibility index (Phi) is 4.70. The fraction of sp³-hybridized carbons (Fsp3) is 0.444. The van der Waals surface area contributed by atoms with Gasteiger partial charge in [-0.05, 0) is 35.3 Å². The summed E-state index contributed by atoms with van der Waals surface area (Å²) >= 11 is 8.48. The Labute approximate surface area is 107 Å². The van der Waals surface area contributed by atoms with E-state index in [0.717, 1.165) is 6.07 Å². The highest BCUT2D eigenvalue weighted by Crippen LogP contribution is 2.21. The first-order chi connectivity index (χ1) is 7.39. The topological polar surface area (TPSA) is 47.0 Å². The van der Waals surface area contributed by atoms with Crippen molar-refractivity contribution in [3.63, 3.8) is 0 Å². The van der Waals surface area contributed by atoms with Crippen molar-refractivity contribution in [2.45, 2.75) is 23.6 Å². The van der Waals surface area contributed by atoms with Crippen LogP contribution in [0.2, 0.25) is 0 Å². The Bertz CT molecular complexity index is 480. The maximum atomic E-state index is 13.4.